The predicted octanol–water partition coefficient (Wildman–Crippen LogP) is 2.62. The van der Waals surface area contributed by atoms with Gasteiger partial charge in [0.25, 0.3) is 0 Å². The number of nitrogens with zero attached hydrogens (tertiary/aromatic N) is 1. The van der Waals surface area contributed by atoms with E-state index in [-0.39, 0.29) is 10.7 Å². The number of carbonyl (C=O) groups excluding carboxylic acids is 1. The van der Waals surface area contributed by atoms with Gasteiger partial charge in [-0.05, 0) is 25.5 Å². The summed E-state index contributed by atoms with van der Waals surface area (Å²) in [7, 11) is -3.52. The minimum Gasteiger partial charge on any atom is -0.294 e. The third-order valence-electron chi connectivity index (χ3n) is 3.41. The van der Waals surface area contributed by atoms with E-state index in [1.165, 1.54) is 10.4 Å². The minimum absolute atomic E-state index is 0.0447. The molecule has 0 aromatic heterocycles. The summed E-state index contributed by atoms with van der Waals surface area (Å²) in [4.78, 5) is 11.9. The second-order valence-electron chi connectivity index (χ2n) is 4.98. The van der Waals surface area contributed by atoms with E-state index < -0.39 is 10.0 Å². The van der Waals surface area contributed by atoms with Crippen LogP contribution in [0.15, 0.2) is 40.8 Å². The number of Topliss-reactive ketones (excluding diaryl/α,β-unsaturated/α-hetero) is 1. The summed E-state index contributed by atoms with van der Waals surface area (Å²) in [5.41, 5.74) is 1.51. The SMILES string of the molecule is CCC(=O)c1cccc(S(=O)(=O)N2CCC=C(C)C2)c1. The molecule has 0 atom stereocenters. The van der Waals surface area contributed by atoms with Crippen LogP contribution >= 0.6 is 0 Å². The zero-order chi connectivity index (χ0) is 14.8. The average molecular weight is 293 g/mol. The van der Waals surface area contributed by atoms with Crippen LogP contribution in [0, 0.1) is 0 Å². The quantitative estimate of drug-likeness (QED) is 0.633. The minimum atomic E-state index is -3.52. The van der Waals surface area contributed by atoms with Gasteiger partial charge in [-0.1, -0.05) is 30.7 Å². The number of ketones is 1. The van der Waals surface area contributed by atoms with Gasteiger partial charge in [0.1, 0.15) is 0 Å². The Morgan fingerprint density at radius 2 is 2.10 bits per heavy atom. The first-order chi connectivity index (χ1) is 9.45. The van der Waals surface area contributed by atoms with Gasteiger partial charge >= 0.3 is 0 Å². The van der Waals surface area contributed by atoms with Crippen LogP contribution in [-0.2, 0) is 10.0 Å². The largest absolute Gasteiger partial charge is 0.294 e. The molecule has 1 aromatic carbocycles. The highest BCUT2D eigenvalue weighted by atomic mass is 32.2. The second-order valence-corrected chi connectivity index (χ2v) is 6.92. The molecule has 5 heteroatoms. The molecular formula is C15H19NO3S. The highest BCUT2D eigenvalue weighted by Crippen LogP contribution is 2.21. The number of carbonyl (C=O) groups is 1. The van der Waals surface area contributed by atoms with Crippen LogP contribution in [0.3, 0.4) is 0 Å². The molecule has 0 unspecified atom stereocenters. The van der Waals surface area contributed by atoms with Crippen molar-refractivity contribution in [1.29, 1.82) is 0 Å². The van der Waals surface area contributed by atoms with Crippen molar-refractivity contribution in [1.82, 2.24) is 4.31 Å². The third kappa shape index (κ3) is 2.99. The first-order valence-corrected chi connectivity index (χ1v) is 8.18. The number of rotatable bonds is 4. The van der Waals surface area contributed by atoms with Gasteiger partial charge in [0.15, 0.2) is 5.78 Å². The van der Waals surface area contributed by atoms with Gasteiger partial charge in [0, 0.05) is 25.1 Å². The molecule has 0 saturated carbocycles. The molecule has 4 nitrogen and oxygen atoms in total. The molecule has 0 saturated heterocycles. The Morgan fingerprint density at radius 3 is 2.75 bits per heavy atom. The first-order valence-electron chi connectivity index (χ1n) is 6.74. The molecule has 1 aliphatic heterocycles. The Labute approximate surface area is 120 Å². The van der Waals surface area contributed by atoms with Crippen molar-refractivity contribution < 1.29 is 13.2 Å². The van der Waals surface area contributed by atoms with Gasteiger partial charge in [-0.25, -0.2) is 8.42 Å². The number of benzene rings is 1. The van der Waals surface area contributed by atoms with E-state index in [0.717, 1.165) is 12.0 Å². The molecule has 1 aliphatic rings. The smallest absolute Gasteiger partial charge is 0.243 e. The molecule has 0 amide bonds. The van der Waals surface area contributed by atoms with Gasteiger partial charge in [-0.3, -0.25) is 4.79 Å². The molecule has 0 aliphatic carbocycles. The van der Waals surface area contributed by atoms with Gasteiger partial charge < -0.3 is 0 Å². The number of hydrogen-bond acceptors (Lipinski definition) is 3. The lowest BCUT2D eigenvalue weighted by Crippen LogP contribution is -2.35. The van der Waals surface area contributed by atoms with E-state index in [4.69, 9.17) is 0 Å². The summed E-state index contributed by atoms with van der Waals surface area (Å²) in [6.45, 7) is 4.61. The maximum Gasteiger partial charge on any atom is 0.243 e. The third-order valence-corrected chi connectivity index (χ3v) is 5.25. The second kappa shape index (κ2) is 5.89. The monoisotopic (exact) mass is 293 g/mol. The van der Waals surface area contributed by atoms with Crippen LogP contribution in [0.5, 0.6) is 0 Å². The fourth-order valence-corrected chi connectivity index (χ4v) is 3.81. The Hall–Kier alpha value is -1.46. The van der Waals surface area contributed by atoms with Crippen LogP contribution in [0.1, 0.15) is 37.0 Å². The van der Waals surface area contributed by atoms with Crippen LogP contribution in [-0.4, -0.2) is 31.6 Å². The van der Waals surface area contributed by atoms with E-state index in [1.54, 1.807) is 25.1 Å². The zero-order valence-electron chi connectivity index (χ0n) is 11.8. The molecule has 108 valence electrons. The molecule has 2 rings (SSSR count). The summed E-state index contributed by atoms with van der Waals surface area (Å²) in [6, 6.07) is 6.32. The highest BCUT2D eigenvalue weighted by molar-refractivity contribution is 7.89. The lowest BCUT2D eigenvalue weighted by atomic mass is 10.1. The molecule has 0 N–H and O–H groups in total. The molecule has 0 spiro atoms. The standard InChI is InChI=1S/C15H19NO3S/c1-3-15(17)13-7-4-8-14(10-13)20(18,19)16-9-5-6-12(2)11-16/h4,6-8,10H,3,5,9,11H2,1-2H3. The van der Waals surface area contributed by atoms with Gasteiger partial charge in [-0.2, -0.15) is 4.31 Å². The van der Waals surface area contributed by atoms with Gasteiger partial charge in [-0.15, -0.1) is 0 Å². The topological polar surface area (TPSA) is 54.5 Å². The first kappa shape index (κ1) is 14.9. The lowest BCUT2D eigenvalue weighted by Gasteiger charge is -2.25. The van der Waals surface area contributed by atoms with Crippen LogP contribution in [0.2, 0.25) is 0 Å². The molecule has 0 radical (unpaired) electrons. The summed E-state index contributed by atoms with van der Waals surface area (Å²) in [5.74, 6) is -0.0447. The van der Waals surface area contributed by atoms with Crippen LogP contribution < -0.4 is 0 Å². The van der Waals surface area contributed by atoms with Gasteiger partial charge in [0.2, 0.25) is 10.0 Å². The van der Waals surface area contributed by atoms with E-state index in [1.807, 2.05) is 6.92 Å². The maximum absolute atomic E-state index is 12.6. The van der Waals surface area contributed by atoms with E-state index in [0.29, 0.717) is 25.1 Å². The van der Waals surface area contributed by atoms with Gasteiger partial charge in [0.05, 0.1) is 4.90 Å². The van der Waals surface area contributed by atoms with Crippen molar-refractivity contribution in [2.24, 2.45) is 0 Å². The lowest BCUT2D eigenvalue weighted by molar-refractivity contribution is 0.0988. The molecule has 1 aromatic rings. The van der Waals surface area contributed by atoms with E-state index in [2.05, 4.69) is 6.08 Å². The predicted molar refractivity (Wildman–Crippen MR) is 78.2 cm³/mol. The van der Waals surface area contributed by atoms with Crippen molar-refractivity contribution in [3.63, 3.8) is 0 Å². The Morgan fingerprint density at radius 1 is 1.35 bits per heavy atom. The average Bonchev–Trinajstić information content (AvgIpc) is 2.46. The Kier molecular flexibility index (Phi) is 4.40. The van der Waals surface area contributed by atoms with Crippen molar-refractivity contribution in [3.8, 4) is 0 Å². The maximum atomic E-state index is 12.6. The molecule has 0 fully saturated rings. The Balaban J connectivity index is 2.35. The van der Waals surface area contributed by atoms with Crippen molar-refractivity contribution in [3.05, 3.63) is 41.5 Å². The summed E-state index contributed by atoms with van der Waals surface area (Å²) >= 11 is 0. The van der Waals surface area contributed by atoms with Crippen molar-refractivity contribution >= 4 is 15.8 Å². The zero-order valence-corrected chi connectivity index (χ0v) is 12.6. The highest BCUT2D eigenvalue weighted by Gasteiger charge is 2.26. The van der Waals surface area contributed by atoms with E-state index in [9.17, 15) is 13.2 Å². The van der Waals surface area contributed by atoms with Crippen molar-refractivity contribution in [2.45, 2.75) is 31.6 Å². The summed E-state index contributed by atoms with van der Waals surface area (Å²) in [6.07, 6.45) is 3.16. The molecule has 20 heavy (non-hydrogen) atoms. The fourth-order valence-electron chi connectivity index (χ4n) is 2.27. The Bertz CT molecular complexity index is 647. The summed E-state index contributed by atoms with van der Waals surface area (Å²) in [5, 5.41) is 0. The molecule has 1 heterocycles. The molecular weight excluding hydrogens is 274 g/mol. The van der Waals surface area contributed by atoms with Crippen molar-refractivity contribution in [2.75, 3.05) is 13.1 Å². The van der Waals surface area contributed by atoms with Crippen LogP contribution in [0.4, 0.5) is 0 Å². The van der Waals surface area contributed by atoms with E-state index >= 15 is 0 Å². The number of hydrogen-bond donors (Lipinski definition) is 0. The van der Waals surface area contributed by atoms with Crippen LogP contribution in [0.25, 0.3) is 0 Å². The number of sulfonamides is 1. The normalized spacial score (nSPS) is 16.8. The molecule has 0 bridgehead atoms. The fraction of sp³-hybridized carbons (Fsp3) is 0.400. The summed E-state index contributed by atoms with van der Waals surface area (Å²) < 4.78 is 26.6.